The molecule has 0 N–H and O–H groups in total. The monoisotopic (exact) mass is 280 g/mol. The highest BCUT2D eigenvalue weighted by molar-refractivity contribution is 6.03. The summed E-state index contributed by atoms with van der Waals surface area (Å²) in [6, 6.07) is 13.8. The van der Waals surface area contributed by atoms with Crippen LogP contribution in [-0.4, -0.2) is 15.4 Å². The van der Waals surface area contributed by atoms with Crippen molar-refractivity contribution in [2.45, 2.75) is 6.92 Å². The molecule has 0 saturated heterocycles. The van der Waals surface area contributed by atoms with E-state index in [0.29, 0.717) is 16.6 Å². The molecule has 0 unspecified atom stereocenters. The Hall–Kier alpha value is -2.95. The Balaban J connectivity index is 2.22. The van der Waals surface area contributed by atoms with Gasteiger partial charge >= 0.3 is 0 Å². The van der Waals surface area contributed by atoms with Crippen LogP contribution in [-0.2, 0) is 0 Å². The van der Waals surface area contributed by atoms with E-state index in [1.54, 1.807) is 49.5 Å². The molecule has 0 amide bonds. The summed E-state index contributed by atoms with van der Waals surface area (Å²) in [5.41, 5.74) is 1.63. The highest BCUT2D eigenvalue weighted by Gasteiger charge is 2.18. The summed E-state index contributed by atoms with van der Waals surface area (Å²) in [6.45, 7) is 1.66. The van der Waals surface area contributed by atoms with Gasteiger partial charge in [0.25, 0.3) is 11.6 Å². The molecule has 0 radical (unpaired) electrons. The van der Waals surface area contributed by atoms with Gasteiger partial charge in [0.1, 0.15) is 0 Å². The van der Waals surface area contributed by atoms with Crippen LogP contribution >= 0.6 is 0 Å². The average Bonchev–Trinajstić information content (AvgIpc) is 2.92. The molecule has 0 bridgehead atoms. The van der Waals surface area contributed by atoms with Gasteiger partial charge in [-0.25, -0.2) is 0 Å². The Morgan fingerprint density at radius 2 is 1.81 bits per heavy atom. The number of hydrogen-bond donors (Lipinski definition) is 0. The fourth-order valence-electron chi connectivity index (χ4n) is 2.48. The summed E-state index contributed by atoms with van der Waals surface area (Å²) < 4.78 is 1.47. The van der Waals surface area contributed by atoms with E-state index in [9.17, 15) is 14.9 Å². The van der Waals surface area contributed by atoms with Crippen LogP contribution in [0.2, 0.25) is 0 Å². The number of nitrogens with zero attached hydrogens (tertiary/aromatic N) is 2. The summed E-state index contributed by atoms with van der Waals surface area (Å²) in [5.74, 6) is -0.200. The van der Waals surface area contributed by atoms with Crippen molar-refractivity contribution in [1.29, 1.82) is 0 Å². The molecule has 5 nitrogen and oxygen atoms in total. The molecule has 0 spiro atoms. The van der Waals surface area contributed by atoms with Crippen molar-refractivity contribution in [1.82, 2.24) is 4.57 Å². The Kier molecular flexibility index (Phi) is 3.02. The molecule has 0 atom stereocenters. The normalized spacial score (nSPS) is 10.7. The van der Waals surface area contributed by atoms with Gasteiger partial charge in [-0.3, -0.25) is 19.5 Å². The van der Waals surface area contributed by atoms with Crippen LogP contribution < -0.4 is 0 Å². The lowest BCUT2D eigenvalue weighted by atomic mass is 10.1. The predicted octanol–water partition coefficient (Wildman–Crippen LogP) is 3.55. The van der Waals surface area contributed by atoms with Gasteiger partial charge in [-0.2, -0.15) is 0 Å². The van der Waals surface area contributed by atoms with E-state index in [4.69, 9.17) is 0 Å². The number of benzene rings is 2. The lowest BCUT2D eigenvalue weighted by molar-refractivity contribution is -0.385. The van der Waals surface area contributed by atoms with Gasteiger partial charge in [-0.1, -0.05) is 18.2 Å². The molecule has 3 rings (SSSR count). The number of aromatic nitrogens is 1. The number of carbonyl (C=O) groups is 1. The number of aryl methyl sites for hydroxylation is 1. The largest absolute Gasteiger partial charge is 0.283 e. The van der Waals surface area contributed by atoms with Gasteiger partial charge in [-0.15, -0.1) is 0 Å². The lowest BCUT2D eigenvalue weighted by Gasteiger charge is -2.07. The van der Waals surface area contributed by atoms with E-state index in [-0.39, 0.29) is 11.6 Å². The highest BCUT2D eigenvalue weighted by Crippen LogP contribution is 2.28. The first-order chi connectivity index (χ1) is 10.1. The molecule has 1 aromatic heterocycles. The maximum atomic E-state index is 12.5. The Labute approximate surface area is 120 Å². The third-order valence-corrected chi connectivity index (χ3v) is 3.51. The van der Waals surface area contributed by atoms with Gasteiger partial charge in [0.2, 0.25) is 0 Å². The number of hydrogen-bond acceptors (Lipinski definition) is 3. The molecule has 0 aliphatic carbocycles. The molecule has 0 saturated carbocycles. The molecule has 0 fully saturated rings. The van der Waals surface area contributed by atoms with Crippen LogP contribution in [0.4, 0.5) is 5.69 Å². The molecular weight excluding hydrogens is 268 g/mol. The summed E-state index contributed by atoms with van der Waals surface area (Å²) in [7, 11) is 0. The third kappa shape index (κ3) is 2.08. The van der Waals surface area contributed by atoms with Crippen molar-refractivity contribution in [3.8, 4) is 0 Å². The van der Waals surface area contributed by atoms with Gasteiger partial charge in [0.05, 0.1) is 16.0 Å². The SMILES string of the molecule is Cc1c([N+](=O)[O-])ccc2ccn(C(=O)c3ccccc3)c12. The molecule has 0 aliphatic heterocycles. The first-order valence-electron chi connectivity index (χ1n) is 6.44. The van der Waals surface area contributed by atoms with Crippen molar-refractivity contribution in [2.24, 2.45) is 0 Å². The number of fused-ring (bicyclic) bond motifs is 1. The first kappa shape index (κ1) is 13.1. The van der Waals surface area contributed by atoms with Crippen molar-refractivity contribution < 1.29 is 9.72 Å². The molecule has 5 heteroatoms. The van der Waals surface area contributed by atoms with Crippen molar-refractivity contribution >= 4 is 22.5 Å². The average molecular weight is 280 g/mol. The second-order valence-corrected chi connectivity index (χ2v) is 4.76. The van der Waals surface area contributed by atoms with Crippen LogP contribution in [0.1, 0.15) is 15.9 Å². The van der Waals surface area contributed by atoms with Gasteiger partial charge in [0.15, 0.2) is 0 Å². The van der Waals surface area contributed by atoms with Crippen molar-refractivity contribution in [2.75, 3.05) is 0 Å². The quantitative estimate of drug-likeness (QED) is 0.532. The van der Waals surface area contributed by atoms with Crippen molar-refractivity contribution in [3.63, 3.8) is 0 Å². The fourth-order valence-corrected chi connectivity index (χ4v) is 2.48. The Bertz CT molecular complexity index is 851. The Morgan fingerprint density at radius 1 is 1.10 bits per heavy atom. The first-order valence-corrected chi connectivity index (χ1v) is 6.44. The second kappa shape index (κ2) is 4.86. The topological polar surface area (TPSA) is 65.1 Å². The van der Waals surface area contributed by atoms with Crippen molar-refractivity contribution in [3.05, 3.63) is 76.0 Å². The minimum absolute atomic E-state index is 0.0170. The minimum atomic E-state index is -0.431. The molecule has 2 aromatic carbocycles. The summed E-state index contributed by atoms with van der Waals surface area (Å²) in [5, 5.41) is 11.9. The zero-order chi connectivity index (χ0) is 15.0. The predicted molar refractivity (Wildman–Crippen MR) is 79.5 cm³/mol. The summed E-state index contributed by atoms with van der Waals surface area (Å²) >= 11 is 0. The van der Waals surface area contributed by atoms with Gasteiger partial charge in [-0.05, 0) is 31.2 Å². The van der Waals surface area contributed by atoms with E-state index < -0.39 is 4.92 Å². The summed E-state index contributed by atoms with van der Waals surface area (Å²) in [4.78, 5) is 23.2. The van der Waals surface area contributed by atoms with E-state index in [1.807, 2.05) is 6.07 Å². The lowest BCUT2D eigenvalue weighted by Crippen LogP contribution is -2.11. The van der Waals surface area contributed by atoms with E-state index >= 15 is 0 Å². The van der Waals surface area contributed by atoms with Gasteiger partial charge in [0, 0.05) is 23.2 Å². The summed E-state index contributed by atoms with van der Waals surface area (Å²) in [6.07, 6.45) is 1.65. The maximum absolute atomic E-state index is 12.5. The smallest absolute Gasteiger partial charge is 0.274 e. The maximum Gasteiger partial charge on any atom is 0.274 e. The Morgan fingerprint density at radius 3 is 2.48 bits per heavy atom. The van der Waals surface area contributed by atoms with E-state index in [0.717, 1.165) is 5.39 Å². The molecule has 3 aromatic rings. The number of rotatable bonds is 2. The molecule has 21 heavy (non-hydrogen) atoms. The standard InChI is InChI=1S/C16H12N2O3/c1-11-14(18(20)21)8-7-12-9-10-17(15(11)12)16(19)13-5-3-2-4-6-13/h2-10H,1H3. The number of nitro benzene ring substituents is 1. The molecular formula is C16H12N2O3. The third-order valence-electron chi connectivity index (χ3n) is 3.51. The zero-order valence-electron chi connectivity index (χ0n) is 11.3. The van der Waals surface area contributed by atoms with E-state index in [2.05, 4.69) is 0 Å². The fraction of sp³-hybridized carbons (Fsp3) is 0.0625. The van der Waals surface area contributed by atoms with Crippen LogP contribution in [0.25, 0.3) is 10.9 Å². The molecule has 104 valence electrons. The minimum Gasteiger partial charge on any atom is -0.283 e. The van der Waals surface area contributed by atoms with Crippen LogP contribution in [0.5, 0.6) is 0 Å². The highest BCUT2D eigenvalue weighted by atomic mass is 16.6. The van der Waals surface area contributed by atoms with Crippen LogP contribution in [0.3, 0.4) is 0 Å². The number of carbonyl (C=O) groups excluding carboxylic acids is 1. The van der Waals surface area contributed by atoms with E-state index in [1.165, 1.54) is 10.6 Å². The number of nitro groups is 1. The van der Waals surface area contributed by atoms with Crippen LogP contribution in [0.15, 0.2) is 54.7 Å². The van der Waals surface area contributed by atoms with Crippen LogP contribution in [0, 0.1) is 17.0 Å². The molecule has 0 aliphatic rings. The zero-order valence-corrected chi connectivity index (χ0v) is 11.3. The van der Waals surface area contributed by atoms with Gasteiger partial charge < -0.3 is 0 Å². The molecule has 1 heterocycles. The second-order valence-electron chi connectivity index (χ2n) is 4.76.